The van der Waals surface area contributed by atoms with E-state index in [1.165, 1.54) is 13.1 Å². The number of pyridine rings is 1. The lowest BCUT2D eigenvalue weighted by Crippen LogP contribution is -2.74. The van der Waals surface area contributed by atoms with Gasteiger partial charge in [-0.15, -0.1) is 0 Å². The molecule has 3 aliphatic rings. The first-order valence-corrected chi connectivity index (χ1v) is 15.8. The number of esters is 4. The highest BCUT2D eigenvalue weighted by molar-refractivity contribution is 5.90. The molecular weight excluding hydrogens is 578 g/mol. The van der Waals surface area contributed by atoms with Crippen LogP contribution in [-0.4, -0.2) is 65.0 Å². The quantitative estimate of drug-likeness (QED) is 0.268. The van der Waals surface area contributed by atoms with E-state index in [0.717, 1.165) is 0 Å². The van der Waals surface area contributed by atoms with E-state index < -0.39 is 64.7 Å². The predicted molar refractivity (Wildman–Crippen MR) is 162 cm³/mol. The molecule has 0 radical (unpaired) electrons. The first-order chi connectivity index (χ1) is 21.4. The first-order valence-electron chi connectivity index (χ1n) is 15.8. The molecule has 10 nitrogen and oxygen atoms in total. The van der Waals surface area contributed by atoms with Gasteiger partial charge in [-0.1, -0.05) is 39.0 Å². The molecule has 8 atom stereocenters. The fourth-order valence-corrected chi connectivity index (χ4v) is 7.71. The third-order valence-corrected chi connectivity index (χ3v) is 10.2. The minimum absolute atomic E-state index is 0.116. The van der Waals surface area contributed by atoms with Gasteiger partial charge in [-0.25, -0.2) is 9.59 Å². The fourth-order valence-electron chi connectivity index (χ4n) is 7.71. The summed E-state index contributed by atoms with van der Waals surface area (Å²) in [6, 6.07) is 11.7. The molecule has 45 heavy (non-hydrogen) atoms. The molecule has 2 aliphatic carbocycles. The van der Waals surface area contributed by atoms with E-state index in [2.05, 4.69) is 11.9 Å². The minimum Gasteiger partial charge on any atom is -0.462 e. The molecule has 1 spiro atoms. The van der Waals surface area contributed by atoms with E-state index >= 15 is 0 Å². The monoisotopic (exact) mass is 621 g/mol. The lowest BCUT2D eigenvalue weighted by molar-refractivity contribution is -0.287. The van der Waals surface area contributed by atoms with E-state index in [4.69, 9.17) is 23.7 Å². The fraction of sp³-hybridized carbons (Fsp3) is 0.571. The van der Waals surface area contributed by atoms with Crippen molar-refractivity contribution in [1.29, 1.82) is 0 Å². The highest BCUT2D eigenvalue weighted by Gasteiger charge is 2.79. The molecule has 1 aromatic heterocycles. The van der Waals surface area contributed by atoms with Crippen molar-refractivity contribution in [2.75, 3.05) is 6.61 Å². The van der Waals surface area contributed by atoms with E-state index in [1.54, 1.807) is 55.6 Å². The summed E-state index contributed by atoms with van der Waals surface area (Å²) in [6.07, 6.45) is 1.91. The van der Waals surface area contributed by atoms with Gasteiger partial charge in [0.15, 0.2) is 6.10 Å². The van der Waals surface area contributed by atoms with Crippen LogP contribution in [0.4, 0.5) is 0 Å². The first kappa shape index (κ1) is 32.6. The van der Waals surface area contributed by atoms with Gasteiger partial charge in [0.25, 0.3) is 0 Å². The van der Waals surface area contributed by atoms with Crippen molar-refractivity contribution in [2.45, 2.75) is 96.7 Å². The number of ether oxygens (including phenoxy) is 5. The average molecular weight is 622 g/mol. The molecule has 2 bridgehead atoms. The largest absolute Gasteiger partial charge is 0.462 e. The number of hydrogen-bond donors (Lipinski definition) is 0. The van der Waals surface area contributed by atoms with Crippen molar-refractivity contribution in [3.05, 3.63) is 66.0 Å². The van der Waals surface area contributed by atoms with Crippen LogP contribution < -0.4 is 0 Å². The summed E-state index contributed by atoms with van der Waals surface area (Å²) in [5.41, 5.74) is -2.79. The number of carbonyl (C=O) groups is 4. The summed E-state index contributed by atoms with van der Waals surface area (Å²) < 4.78 is 32.0. The molecule has 5 rings (SSSR count). The second-order valence-electron chi connectivity index (χ2n) is 13.2. The average Bonchev–Trinajstić information content (AvgIpc) is 3.29. The minimum atomic E-state index is -1.43. The normalized spacial score (nSPS) is 32.0. The maximum Gasteiger partial charge on any atom is 0.339 e. The highest BCUT2D eigenvalue weighted by atomic mass is 16.6. The lowest BCUT2D eigenvalue weighted by atomic mass is 9.49. The summed E-state index contributed by atoms with van der Waals surface area (Å²) >= 11 is 0. The second kappa shape index (κ2) is 12.5. The predicted octanol–water partition coefficient (Wildman–Crippen LogP) is 5.34. The zero-order chi connectivity index (χ0) is 32.6. The summed E-state index contributed by atoms with van der Waals surface area (Å²) in [5, 5.41) is 0. The van der Waals surface area contributed by atoms with Crippen LogP contribution in [0.5, 0.6) is 0 Å². The van der Waals surface area contributed by atoms with Crippen LogP contribution in [0.1, 0.15) is 87.9 Å². The van der Waals surface area contributed by atoms with Crippen LogP contribution in [0, 0.1) is 23.2 Å². The molecule has 1 aliphatic heterocycles. The molecule has 2 saturated carbocycles. The van der Waals surface area contributed by atoms with Crippen LogP contribution >= 0.6 is 0 Å². The highest BCUT2D eigenvalue weighted by Crippen LogP contribution is 2.67. The third kappa shape index (κ3) is 5.73. The number of hydrogen-bond acceptors (Lipinski definition) is 10. The third-order valence-electron chi connectivity index (χ3n) is 10.2. The smallest absolute Gasteiger partial charge is 0.339 e. The van der Waals surface area contributed by atoms with Crippen LogP contribution in [0.2, 0.25) is 0 Å². The Labute approximate surface area is 264 Å². The van der Waals surface area contributed by atoms with Crippen molar-refractivity contribution in [3.8, 4) is 0 Å². The Hall–Kier alpha value is -3.79. The van der Waals surface area contributed by atoms with Gasteiger partial charge >= 0.3 is 23.9 Å². The van der Waals surface area contributed by atoms with E-state index in [1.807, 2.05) is 20.8 Å². The van der Waals surface area contributed by atoms with E-state index in [0.29, 0.717) is 31.2 Å². The number of fused-ring (bicyclic) bond motifs is 1. The van der Waals surface area contributed by atoms with Crippen molar-refractivity contribution in [1.82, 2.24) is 4.98 Å². The van der Waals surface area contributed by atoms with Crippen LogP contribution in [0.3, 0.4) is 0 Å². The molecule has 2 heterocycles. The molecule has 2 aromatic rings. The van der Waals surface area contributed by atoms with Gasteiger partial charge in [-0.05, 0) is 69.7 Å². The van der Waals surface area contributed by atoms with Crippen LogP contribution in [0.15, 0.2) is 54.9 Å². The molecule has 0 amide bonds. The number of carbonyl (C=O) groups excluding carboxylic acids is 4. The Morgan fingerprint density at radius 3 is 2.33 bits per heavy atom. The number of nitrogens with zero attached hydrogens (tertiary/aromatic N) is 1. The Bertz CT molecular complexity index is 1410. The molecule has 1 aromatic carbocycles. The number of benzene rings is 1. The Morgan fingerprint density at radius 2 is 1.69 bits per heavy atom. The van der Waals surface area contributed by atoms with Crippen LogP contribution in [0.25, 0.3) is 0 Å². The van der Waals surface area contributed by atoms with Gasteiger partial charge in [0.05, 0.1) is 28.2 Å². The van der Waals surface area contributed by atoms with Crippen molar-refractivity contribution >= 4 is 23.9 Å². The van der Waals surface area contributed by atoms with Crippen molar-refractivity contribution in [3.63, 3.8) is 0 Å². The maximum atomic E-state index is 13.9. The van der Waals surface area contributed by atoms with Crippen molar-refractivity contribution in [2.24, 2.45) is 23.2 Å². The van der Waals surface area contributed by atoms with Gasteiger partial charge in [-0.2, -0.15) is 0 Å². The van der Waals surface area contributed by atoms with Gasteiger partial charge in [0.2, 0.25) is 0 Å². The van der Waals surface area contributed by atoms with Gasteiger partial charge < -0.3 is 23.7 Å². The molecule has 0 unspecified atom stereocenters. The Morgan fingerprint density at radius 1 is 0.978 bits per heavy atom. The molecule has 242 valence electrons. The molecule has 1 saturated heterocycles. The Balaban J connectivity index is 1.71. The molecule has 10 heteroatoms. The van der Waals surface area contributed by atoms with E-state index in [9.17, 15) is 19.2 Å². The second-order valence-corrected chi connectivity index (χ2v) is 13.2. The van der Waals surface area contributed by atoms with Crippen molar-refractivity contribution < 1.29 is 42.9 Å². The standard InChI is InChI=1S/C35H43NO9/c1-7-21(2)30(38)43-28-26-18-35(45-33(26,5)6)22(3)15-16-27(42-23(4)37)34(35,20-41-31(39)25-14-11-17-36-19-25)29(28)44-32(40)24-12-9-8-10-13-24/h8-14,17,19,21-22,26-29H,7,15-16,18,20H2,1-6H3/t21-,22-,26+,27+,28+,29-,34+,35+/m1/s1. The zero-order valence-corrected chi connectivity index (χ0v) is 26.8. The maximum absolute atomic E-state index is 13.9. The van der Waals surface area contributed by atoms with E-state index in [-0.39, 0.29) is 24.0 Å². The molecule has 0 N–H and O–H groups in total. The summed E-state index contributed by atoms with van der Waals surface area (Å²) in [6.45, 7) is 10.6. The molecule has 3 fully saturated rings. The number of rotatable bonds is 9. The summed E-state index contributed by atoms with van der Waals surface area (Å²) in [4.78, 5) is 57.5. The summed E-state index contributed by atoms with van der Waals surface area (Å²) in [7, 11) is 0. The summed E-state index contributed by atoms with van der Waals surface area (Å²) in [5.74, 6) is -3.17. The zero-order valence-electron chi connectivity index (χ0n) is 26.8. The molecular formula is C35H43NO9. The van der Waals surface area contributed by atoms with Gasteiger partial charge in [0, 0.05) is 25.2 Å². The van der Waals surface area contributed by atoms with Gasteiger partial charge in [-0.3, -0.25) is 14.6 Å². The van der Waals surface area contributed by atoms with Gasteiger partial charge in [0.1, 0.15) is 24.2 Å². The number of aromatic nitrogens is 1. The lowest BCUT2D eigenvalue weighted by Gasteiger charge is -2.61. The Kier molecular flexibility index (Phi) is 9.08. The van der Waals surface area contributed by atoms with Crippen LogP contribution in [-0.2, 0) is 33.3 Å². The SMILES string of the molecule is CC[C@@H](C)C(=O)O[C@@H]1[C@@H](OC(=O)c2ccccc2)[C@]2(COC(=O)c3cccnc3)[C@@H](OC(C)=O)CC[C@@H](C)[C@@]23C[C@@H]1C(C)(C)O3. The topological polar surface area (TPSA) is 127 Å².